The topological polar surface area (TPSA) is 28.0 Å². The number of azo groups is 1. The van der Waals surface area contributed by atoms with Gasteiger partial charge in [0.25, 0.3) is 0 Å². The van der Waals surface area contributed by atoms with Crippen LogP contribution >= 0.6 is 11.8 Å². The fourth-order valence-corrected chi connectivity index (χ4v) is 5.41. The number of hydrogen-bond acceptors (Lipinski definition) is 3. The van der Waals surface area contributed by atoms with E-state index in [9.17, 15) is 0 Å². The molecule has 0 spiro atoms. The summed E-state index contributed by atoms with van der Waals surface area (Å²) in [4.78, 5) is 2.36. The summed E-state index contributed by atoms with van der Waals surface area (Å²) in [6.07, 6.45) is 8.90. The van der Waals surface area contributed by atoms with Gasteiger partial charge in [0.15, 0.2) is 23.7 Å². The molecule has 5 rings (SSSR count). The number of allylic oxidation sites excluding steroid dienone is 1. The van der Waals surface area contributed by atoms with Crippen molar-refractivity contribution in [3.05, 3.63) is 54.0 Å². The number of halogens is 1. The van der Waals surface area contributed by atoms with Gasteiger partial charge in [-0.3, -0.25) is 0 Å². The molecule has 1 aromatic rings. The highest BCUT2D eigenvalue weighted by atomic mass is 35.5. The normalized spacial score (nSPS) is 40.1. The van der Waals surface area contributed by atoms with E-state index in [-0.39, 0.29) is 0 Å². The Balaban J connectivity index is 1.73. The zero-order valence-corrected chi connectivity index (χ0v) is 13.9. The van der Waals surface area contributed by atoms with Gasteiger partial charge < -0.3 is 4.90 Å². The molecule has 0 fully saturated rings. The van der Waals surface area contributed by atoms with Crippen LogP contribution in [0.3, 0.4) is 0 Å². The van der Waals surface area contributed by atoms with Crippen LogP contribution in [0.1, 0.15) is 18.9 Å². The van der Waals surface area contributed by atoms with E-state index >= 15 is 0 Å². The Kier molecular flexibility index (Phi) is 2.80. The Morgan fingerprint density at radius 1 is 1.30 bits per heavy atom. The van der Waals surface area contributed by atoms with E-state index in [1.54, 1.807) is 0 Å². The quantitative estimate of drug-likeness (QED) is 0.518. The summed E-state index contributed by atoms with van der Waals surface area (Å²) in [7, 11) is 0. The number of quaternary nitrogens is 1. The Labute approximate surface area is 141 Å². The number of para-hydroxylation sites is 1. The van der Waals surface area contributed by atoms with Gasteiger partial charge in [-0.1, -0.05) is 37.3 Å². The van der Waals surface area contributed by atoms with Gasteiger partial charge in [-0.25, -0.2) is 0 Å². The maximum Gasteiger partial charge on any atom is 0.208 e. The SMILES string of the molecule is CC1C=CCC2C1C1Cc3ccccc3[N+]1(Cl)C=C1N=NCN12. The lowest BCUT2D eigenvalue weighted by Gasteiger charge is -2.41. The Morgan fingerprint density at radius 2 is 2.17 bits per heavy atom. The predicted molar refractivity (Wildman–Crippen MR) is 91.4 cm³/mol. The number of fused-ring (bicyclic) bond motifs is 7. The molecule has 5 atom stereocenters. The average molecular weight is 328 g/mol. The minimum atomic E-state index is 0.348. The first-order valence-corrected chi connectivity index (χ1v) is 8.72. The van der Waals surface area contributed by atoms with Crippen LogP contribution in [-0.2, 0) is 6.42 Å². The van der Waals surface area contributed by atoms with E-state index < -0.39 is 0 Å². The van der Waals surface area contributed by atoms with Gasteiger partial charge in [0.05, 0.1) is 0 Å². The highest BCUT2D eigenvalue weighted by Crippen LogP contribution is 2.51. The van der Waals surface area contributed by atoms with Gasteiger partial charge >= 0.3 is 0 Å². The molecule has 1 aliphatic carbocycles. The maximum atomic E-state index is 7.27. The molecule has 0 radical (unpaired) electrons. The first-order chi connectivity index (χ1) is 11.2. The molecule has 5 heteroatoms. The second-order valence-corrected chi connectivity index (χ2v) is 7.65. The zero-order chi connectivity index (χ0) is 15.6. The summed E-state index contributed by atoms with van der Waals surface area (Å²) in [6.45, 7) is 2.99. The molecule has 0 aromatic heterocycles. The maximum absolute atomic E-state index is 7.27. The van der Waals surface area contributed by atoms with Crippen molar-refractivity contribution in [1.29, 1.82) is 0 Å². The highest BCUT2D eigenvalue weighted by Gasteiger charge is 2.57. The van der Waals surface area contributed by atoms with Crippen molar-refractivity contribution < 1.29 is 0 Å². The van der Waals surface area contributed by atoms with Crippen molar-refractivity contribution in [1.82, 2.24) is 8.90 Å². The van der Waals surface area contributed by atoms with Gasteiger partial charge in [-0.15, -0.1) is 5.11 Å². The molecular formula is C18H20ClN4+. The largest absolute Gasteiger partial charge is 0.326 e. The third kappa shape index (κ3) is 1.76. The number of rotatable bonds is 0. The monoisotopic (exact) mass is 327 g/mol. The van der Waals surface area contributed by atoms with Crippen LogP contribution < -0.4 is 4.00 Å². The summed E-state index contributed by atoms with van der Waals surface area (Å²) in [5.41, 5.74) is 2.57. The third-order valence-electron chi connectivity index (χ3n) is 5.97. The van der Waals surface area contributed by atoms with E-state index in [0.29, 0.717) is 34.6 Å². The smallest absolute Gasteiger partial charge is 0.208 e. The second-order valence-electron chi connectivity index (χ2n) is 7.09. The van der Waals surface area contributed by atoms with E-state index in [0.717, 1.165) is 18.7 Å². The molecule has 0 N–H and O–H groups in total. The number of benzene rings is 1. The Hall–Kier alpha value is -1.65. The van der Waals surface area contributed by atoms with Crippen molar-refractivity contribution in [2.45, 2.75) is 31.8 Å². The molecule has 4 nitrogen and oxygen atoms in total. The van der Waals surface area contributed by atoms with Crippen molar-refractivity contribution in [3.8, 4) is 0 Å². The van der Waals surface area contributed by atoms with Crippen molar-refractivity contribution in [2.75, 3.05) is 6.67 Å². The lowest BCUT2D eigenvalue weighted by molar-refractivity contribution is 0.131. The van der Waals surface area contributed by atoms with Crippen molar-refractivity contribution in [3.63, 3.8) is 0 Å². The molecule has 3 heterocycles. The van der Waals surface area contributed by atoms with Gasteiger partial charge in [-0.05, 0) is 12.3 Å². The van der Waals surface area contributed by atoms with Crippen molar-refractivity contribution in [2.24, 2.45) is 22.1 Å². The molecule has 1 aromatic carbocycles. The fourth-order valence-electron chi connectivity index (χ4n) is 4.96. The van der Waals surface area contributed by atoms with Crippen LogP contribution in [0.25, 0.3) is 0 Å². The van der Waals surface area contributed by atoms with Gasteiger partial charge in [0.2, 0.25) is 5.82 Å². The van der Waals surface area contributed by atoms with E-state index in [2.05, 4.69) is 64.7 Å². The summed E-state index contributed by atoms with van der Waals surface area (Å²) in [5.74, 6) is 1.96. The Morgan fingerprint density at radius 3 is 3.09 bits per heavy atom. The predicted octanol–water partition coefficient (Wildman–Crippen LogP) is 4.19. The lowest BCUT2D eigenvalue weighted by atomic mass is 9.75. The molecule has 0 amide bonds. The van der Waals surface area contributed by atoms with Crippen LogP contribution in [0.4, 0.5) is 5.69 Å². The minimum absolute atomic E-state index is 0.348. The molecule has 118 valence electrons. The third-order valence-corrected chi connectivity index (χ3v) is 6.50. The Bertz CT molecular complexity index is 755. The molecule has 0 bridgehead atoms. The van der Waals surface area contributed by atoms with E-state index in [1.165, 1.54) is 11.3 Å². The minimum Gasteiger partial charge on any atom is -0.326 e. The summed E-state index contributed by atoms with van der Waals surface area (Å²) < 4.78 is 0.348. The van der Waals surface area contributed by atoms with Crippen LogP contribution in [0.5, 0.6) is 0 Å². The molecule has 4 aliphatic rings. The van der Waals surface area contributed by atoms with Crippen LogP contribution in [0.15, 0.2) is 58.7 Å². The van der Waals surface area contributed by atoms with Crippen LogP contribution in [-0.4, -0.2) is 23.7 Å². The fraction of sp³-hybridized carbons (Fsp3) is 0.444. The van der Waals surface area contributed by atoms with Crippen LogP contribution in [0.2, 0.25) is 0 Å². The molecule has 0 saturated heterocycles. The van der Waals surface area contributed by atoms with Crippen molar-refractivity contribution >= 4 is 17.5 Å². The first-order valence-electron chi connectivity index (χ1n) is 8.39. The number of nitrogens with zero attached hydrogens (tertiary/aromatic N) is 4. The average Bonchev–Trinajstić information content (AvgIpc) is 3.09. The van der Waals surface area contributed by atoms with Gasteiger partial charge in [-0.2, -0.15) is 9.12 Å². The van der Waals surface area contributed by atoms with E-state index in [1.807, 2.05) is 0 Å². The number of hydrogen-bond donors (Lipinski definition) is 0. The molecule has 3 aliphatic heterocycles. The standard InChI is InChI=1S/C18H20ClN4/c1-12-5-4-7-14-18(12)16-9-13-6-2-3-8-15(13)23(16,19)10-17-21-20-11-22(14)17/h2-6,8,10,12,14,16,18H,7,9,11H2,1H3/q+1. The molecule has 23 heavy (non-hydrogen) atoms. The summed E-state index contributed by atoms with van der Waals surface area (Å²) in [5, 5.41) is 8.68. The van der Waals surface area contributed by atoms with Crippen LogP contribution in [0, 0.1) is 11.8 Å². The summed E-state index contributed by atoms with van der Waals surface area (Å²) >= 11 is 7.27. The molecule has 5 unspecified atom stereocenters. The summed E-state index contributed by atoms with van der Waals surface area (Å²) in [6, 6.07) is 9.38. The highest BCUT2D eigenvalue weighted by molar-refractivity contribution is 6.23. The van der Waals surface area contributed by atoms with E-state index in [4.69, 9.17) is 11.8 Å². The molecular weight excluding hydrogens is 308 g/mol. The first kappa shape index (κ1) is 13.8. The van der Waals surface area contributed by atoms with Gasteiger partial charge in [0, 0.05) is 30.0 Å². The zero-order valence-electron chi connectivity index (χ0n) is 13.1. The second kappa shape index (κ2) is 4.68. The lowest BCUT2D eigenvalue weighted by Crippen LogP contribution is -2.52. The van der Waals surface area contributed by atoms with Gasteiger partial charge in [0.1, 0.15) is 12.7 Å². The molecule has 0 saturated carbocycles.